The fourth-order valence-corrected chi connectivity index (χ4v) is 4.34. The SMILES string of the molecule is CCSC1(CNC(=NC)NC(C)c2ccc(OC)c(F)c2)CCOCC1. The Morgan fingerprint density at radius 2 is 2.15 bits per heavy atom. The van der Waals surface area contributed by atoms with E-state index >= 15 is 0 Å². The minimum Gasteiger partial charge on any atom is -0.494 e. The molecule has 0 saturated carbocycles. The summed E-state index contributed by atoms with van der Waals surface area (Å²) in [5, 5.41) is 6.78. The summed E-state index contributed by atoms with van der Waals surface area (Å²) in [4.78, 5) is 4.32. The van der Waals surface area contributed by atoms with Gasteiger partial charge in [0.25, 0.3) is 0 Å². The summed E-state index contributed by atoms with van der Waals surface area (Å²) >= 11 is 1.98. The lowest BCUT2D eigenvalue weighted by Crippen LogP contribution is -2.48. The maximum atomic E-state index is 13.9. The van der Waals surface area contributed by atoms with Crippen LogP contribution in [0.15, 0.2) is 23.2 Å². The molecule has 5 nitrogen and oxygen atoms in total. The lowest BCUT2D eigenvalue weighted by atomic mass is 9.99. The van der Waals surface area contributed by atoms with Gasteiger partial charge >= 0.3 is 0 Å². The molecule has 1 aliphatic rings. The standard InChI is InChI=1S/C19H30FN3O2S/c1-5-26-19(8-10-25-11-9-19)13-22-18(21-3)23-14(2)15-6-7-17(24-4)16(20)12-15/h6-7,12,14H,5,8-11,13H2,1-4H3,(H2,21,22,23). The van der Waals surface area contributed by atoms with Crippen molar-refractivity contribution in [1.29, 1.82) is 0 Å². The van der Waals surface area contributed by atoms with Crippen LogP contribution in [-0.4, -0.2) is 50.4 Å². The Hall–Kier alpha value is -1.47. The fourth-order valence-electron chi connectivity index (χ4n) is 3.10. The summed E-state index contributed by atoms with van der Waals surface area (Å²) in [6.07, 6.45) is 2.07. The molecule has 1 aliphatic heterocycles. The highest BCUT2D eigenvalue weighted by Gasteiger charge is 2.32. The van der Waals surface area contributed by atoms with Crippen LogP contribution in [0.25, 0.3) is 0 Å². The number of ether oxygens (including phenoxy) is 2. The Labute approximate surface area is 160 Å². The zero-order valence-corrected chi connectivity index (χ0v) is 16.9. The van der Waals surface area contributed by atoms with Gasteiger partial charge in [0.05, 0.1) is 13.2 Å². The van der Waals surface area contributed by atoms with E-state index in [0.29, 0.717) is 0 Å². The van der Waals surface area contributed by atoms with Gasteiger partial charge < -0.3 is 20.1 Å². The molecule has 0 spiro atoms. The van der Waals surface area contributed by atoms with Crippen molar-refractivity contribution in [2.75, 3.05) is 39.7 Å². The highest BCUT2D eigenvalue weighted by atomic mass is 32.2. The molecular formula is C19H30FN3O2S. The molecule has 26 heavy (non-hydrogen) atoms. The Morgan fingerprint density at radius 1 is 1.42 bits per heavy atom. The Bertz CT molecular complexity index is 601. The third kappa shape index (κ3) is 5.51. The predicted molar refractivity (Wildman–Crippen MR) is 107 cm³/mol. The molecule has 0 aliphatic carbocycles. The molecule has 1 aromatic carbocycles. The van der Waals surface area contributed by atoms with Crippen molar-refractivity contribution in [2.24, 2.45) is 4.99 Å². The van der Waals surface area contributed by atoms with Crippen molar-refractivity contribution in [1.82, 2.24) is 10.6 Å². The smallest absolute Gasteiger partial charge is 0.191 e. The Kier molecular flexibility index (Phi) is 8.03. The first-order valence-electron chi connectivity index (χ1n) is 9.06. The molecule has 7 heteroatoms. The number of nitrogens with one attached hydrogen (secondary N) is 2. The number of guanidine groups is 1. The number of nitrogens with zero attached hydrogens (tertiary/aromatic N) is 1. The predicted octanol–water partition coefficient (Wildman–Crippen LogP) is 3.36. The van der Waals surface area contributed by atoms with E-state index in [1.807, 2.05) is 24.8 Å². The number of methoxy groups -OCH3 is 1. The molecule has 0 amide bonds. The van der Waals surface area contributed by atoms with Crippen LogP contribution in [0, 0.1) is 5.82 Å². The number of benzene rings is 1. The van der Waals surface area contributed by atoms with Gasteiger partial charge in [-0.2, -0.15) is 11.8 Å². The van der Waals surface area contributed by atoms with Crippen LogP contribution in [0.1, 0.15) is 38.3 Å². The largest absolute Gasteiger partial charge is 0.494 e. The van der Waals surface area contributed by atoms with E-state index in [9.17, 15) is 4.39 Å². The highest BCUT2D eigenvalue weighted by molar-refractivity contribution is 8.00. The normalized spacial score (nSPS) is 18.3. The van der Waals surface area contributed by atoms with Crippen LogP contribution in [-0.2, 0) is 4.74 Å². The van der Waals surface area contributed by atoms with Crippen LogP contribution >= 0.6 is 11.8 Å². The fraction of sp³-hybridized carbons (Fsp3) is 0.632. The number of hydrogen-bond donors (Lipinski definition) is 2. The first-order valence-corrected chi connectivity index (χ1v) is 10.0. The molecule has 2 N–H and O–H groups in total. The molecule has 1 atom stereocenters. The first kappa shape index (κ1) is 20.8. The van der Waals surface area contributed by atoms with Gasteiger partial charge in [0, 0.05) is 31.6 Å². The molecule has 1 saturated heterocycles. The molecule has 1 aromatic rings. The van der Waals surface area contributed by atoms with Crippen LogP contribution in [0.3, 0.4) is 0 Å². The third-order valence-corrected chi connectivity index (χ3v) is 6.14. The lowest BCUT2D eigenvalue weighted by molar-refractivity contribution is 0.0782. The summed E-state index contributed by atoms with van der Waals surface area (Å²) in [6, 6.07) is 4.93. The highest BCUT2D eigenvalue weighted by Crippen LogP contribution is 2.34. The number of rotatable bonds is 7. The molecule has 0 radical (unpaired) electrons. The number of hydrogen-bond acceptors (Lipinski definition) is 4. The van der Waals surface area contributed by atoms with E-state index in [-0.39, 0.29) is 22.4 Å². The van der Waals surface area contributed by atoms with Crippen LogP contribution in [0.4, 0.5) is 4.39 Å². The van der Waals surface area contributed by atoms with Crippen molar-refractivity contribution in [3.05, 3.63) is 29.6 Å². The summed E-state index contributed by atoms with van der Waals surface area (Å²) in [7, 11) is 3.21. The van der Waals surface area contributed by atoms with Crippen molar-refractivity contribution in [2.45, 2.75) is 37.5 Å². The summed E-state index contributed by atoms with van der Waals surface area (Å²) in [5.41, 5.74) is 0.843. The number of halogens is 1. The van der Waals surface area contributed by atoms with Crippen LogP contribution < -0.4 is 15.4 Å². The second-order valence-electron chi connectivity index (χ2n) is 6.41. The summed E-state index contributed by atoms with van der Waals surface area (Å²) < 4.78 is 24.6. The van der Waals surface area contributed by atoms with Gasteiger partial charge in [-0.3, -0.25) is 4.99 Å². The van der Waals surface area contributed by atoms with E-state index in [4.69, 9.17) is 9.47 Å². The number of thioether (sulfide) groups is 1. The zero-order valence-electron chi connectivity index (χ0n) is 16.1. The van der Waals surface area contributed by atoms with Crippen molar-refractivity contribution < 1.29 is 13.9 Å². The number of aliphatic imine (C=N–C) groups is 1. The molecule has 2 rings (SSSR count). The Morgan fingerprint density at radius 3 is 2.73 bits per heavy atom. The quantitative estimate of drug-likeness (QED) is 0.559. The maximum Gasteiger partial charge on any atom is 0.191 e. The van der Waals surface area contributed by atoms with E-state index in [1.165, 1.54) is 13.2 Å². The minimum atomic E-state index is -0.359. The first-order chi connectivity index (χ1) is 12.5. The lowest BCUT2D eigenvalue weighted by Gasteiger charge is -2.37. The van der Waals surface area contributed by atoms with Gasteiger partial charge in [0.1, 0.15) is 0 Å². The monoisotopic (exact) mass is 383 g/mol. The second-order valence-corrected chi connectivity index (χ2v) is 8.15. The minimum absolute atomic E-state index is 0.0777. The molecule has 1 heterocycles. The van der Waals surface area contributed by atoms with Crippen LogP contribution in [0.2, 0.25) is 0 Å². The summed E-state index contributed by atoms with van der Waals surface area (Å²) in [6.45, 7) is 6.62. The molecule has 0 bridgehead atoms. The average Bonchev–Trinajstić information content (AvgIpc) is 2.66. The third-order valence-electron chi connectivity index (χ3n) is 4.69. The van der Waals surface area contributed by atoms with Crippen molar-refractivity contribution >= 4 is 17.7 Å². The molecule has 146 valence electrons. The average molecular weight is 384 g/mol. The molecule has 1 unspecified atom stereocenters. The maximum absolute atomic E-state index is 13.9. The van der Waals surface area contributed by atoms with Gasteiger partial charge in [-0.15, -0.1) is 0 Å². The van der Waals surface area contributed by atoms with Gasteiger partial charge in [0.2, 0.25) is 0 Å². The summed E-state index contributed by atoms with van der Waals surface area (Å²) in [5.74, 6) is 1.69. The van der Waals surface area contributed by atoms with Crippen LogP contribution in [0.5, 0.6) is 5.75 Å². The van der Waals surface area contributed by atoms with Gasteiger partial charge in [0.15, 0.2) is 17.5 Å². The van der Waals surface area contributed by atoms with Crippen molar-refractivity contribution in [3.8, 4) is 5.75 Å². The molecule has 1 fully saturated rings. The second kappa shape index (κ2) is 10.0. The van der Waals surface area contributed by atoms with E-state index in [2.05, 4.69) is 22.5 Å². The van der Waals surface area contributed by atoms with E-state index < -0.39 is 0 Å². The topological polar surface area (TPSA) is 54.9 Å². The molecule has 0 aromatic heterocycles. The van der Waals surface area contributed by atoms with E-state index in [0.717, 1.165) is 49.9 Å². The van der Waals surface area contributed by atoms with E-state index in [1.54, 1.807) is 13.1 Å². The Balaban J connectivity index is 1.97. The molecular weight excluding hydrogens is 353 g/mol. The van der Waals surface area contributed by atoms with Gasteiger partial charge in [-0.05, 0) is 43.2 Å². The van der Waals surface area contributed by atoms with Crippen molar-refractivity contribution in [3.63, 3.8) is 0 Å². The van der Waals surface area contributed by atoms with Gasteiger partial charge in [-0.1, -0.05) is 13.0 Å². The van der Waals surface area contributed by atoms with Gasteiger partial charge in [-0.25, -0.2) is 4.39 Å². The zero-order chi connectivity index (χ0) is 19.0.